The van der Waals surface area contributed by atoms with Gasteiger partial charge in [0.15, 0.2) is 5.82 Å². The Hall–Kier alpha value is -2.82. The largest absolute Gasteiger partial charge is 0.497 e. The Labute approximate surface area is 123 Å². The molecule has 1 aromatic heterocycles. The van der Waals surface area contributed by atoms with Crippen LogP contribution in [0, 0.1) is 6.92 Å². The number of methoxy groups -OCH3 is 1. The Balaban J connectivity index is 2.04. The molecule has 0 fully saturated rings. The first kappa shape index (κ1) is 13.2. The molecule has 2 N–H and O–H groups in total. The van der Waals surface area contributed by atoms with Crippen molar-refractivity contribution >= 4 is 5.82 Å². The van der Waals surface area contributed by atoms with Gasteiger partial charge in [-0.3, -0.25) is 0 Å². The second-order valence-corrected chi connectivity index (χ2v) is 4.80. The molecule has 1 heterocycles. The van der Waals surface area contributed by atoms with Crippen molar-refractivity contribution in [2.45, 2.75) is 6.92 Å². The number of hydrogen-bond donors (Lipinski definition) is 1. The minimum absolute atomic E-state index is 0.507. The molecule has 0 aliphatic carbocycles. The fraction of sp³-hybridized carbons (Fsp3) is 0.125. The molecule has 5 heteroatoms. The van der Waals surface area contributed by atoms with E-state index in [0.717, 1.165) is 17.0 Å². The molecule has 0 atom stereocenters. The topological polar surface area (TPSA) is 66.0 Å². The van der Waals surface area contributed by atoms with Crippen LogP contribution in [0.4, 0.5) is 5.82 Å². The SMILES string of the molecule is COc1cccc(-n2nnc(-c3ccc(C)cc3)c2N)c1. The third kappa shape index (κ3) is 2.45. The van der Waals surface area contributed by atoms with E-state index < -0.39 is 0 Å². The highest BCUT2D eigenvalue weighted by molar-refractivity contribution is 5.71. The van der Waals surface area contributed by atoms with Crippen LogP contribution in [0.2, 0.25) is 0 Å². The molecule has 0 aliphatic heterocycles. The van der Waals surface area contributed by atoms with Gasteiger partial charge in [-0.2, -0.15) is 4.68 Å². The van der Waals surface area contributed by atoms with Crippen LogP contribution in [0.25, 0.3) is 16.9 Å². The first-order valence-electron chi connectivity index (χ1n) is 6.61. The molecule has 0 radical (unpaired) electrons. The zero-order valence-corrected chi connectivity index (χ0v) is 11.9. The molecule has 106 valence electrons. The molecule has 21 heavy (non-hydrogen) atoms. The van der Waals surface area contributed by atoms with Gasteiger partial charge >= 0.3 is 0 Å². The fourth-order valence-electron chi connectivity index (χ4n) is 2.14. The Morgan fingerprint density at radius 2 is 1.86 bits per heavy atom. The van der Waals surface area contributed by atoms with Gasteiger partial charge in [0.2, 0.25) is 0 Å². The monoisotopic (exact) mass is 280 g/mol. The lowest BCUT2D eigenvalue weighted by Gasteiger charge is -2.06. The predicted octanol–water partition coefficient (Wildman–Crippen LogP) is 2.83. The summed E-state index contributed by atoms with van der Waals surface area (Å²) in [7, 11) is 1.63. The Morgan fingerprint density at radius 3 is 2.57 bits per heavy atom. The maximum absolute atomic E-state index is 6.19. The van der Waals surface area contributed by atoms with Crippen LogP contribution in [0.5, 0.6) is 5.75 Å². The van der Waals surface area contributed by atoms with Gasteiger partial charge in [0.1, 0.15) is 11.4 Å². The van der Waals surface area contributed by atoms with Gasteiger partial charge in [-0.25, -0.2) is 0 Å². The van der Waals surface area contributed by atoms with Crippen molar-refractivity contribution < 1.29 is 4.74 Å². The number of anilines is 1. The maximum atomic E-state index is 6.19. The van der Waals surface area contributed by atoms with Crippen molar-refractivity contribution in [2.75, 3.05) is 12.8 Å². The zero-order valence-electron chi connectivity index (χ0n) is 11.9. The summed E-state index contributed by atoms with van der Waals surface area (Å²) >= 11 is 0. The Bertz CT molecular complexity index is 762. The van der Waals surface area contributed by atoms with Crippen LogP contribution >= 0.6 is 0 Å². The average molecular weight is 280 g/mol. The second-order valence-electron chi connectivity index (χ2n) is 4.80. The minimum Gasteiger partial charge on any atom is -0.497 e. The number of ether oxygens (including phenoxy) is 1. The fourth-order valence-corrected chi connectivity index (χ4v) is 2.14. The molecule has 3 aromatic rings. The molecule has 0 spiro atoms. The summed E-state index contributed by atoms with van der Waals surface area (Å²) in [5.74, 6) is 1.26. The average Bonchev–Trinajstić information content (AvgIpc) is 2.90. The number of aryl methyl sites for hydroxylation is 1. The summed E-state index contributed by atoms with van der Waals surface area (Å²) < 4.78 is 6.83. The van der Waals surface area contributed by atoms with E-state index in [-0.39, 0.29) is 0 Å². The van der Waals surface area contributed by atoms with Gasteiger partial charge in [-0.05, 0) is 19.1 Å². The second kappa shape index (κ2) is 5.28. The van der Waals surface area contributed by atoms with E-state index in [4.69, 9.17) is 10.5 Å². The standard InChI is InChI=1S/C16H16N4O/c1-11-6-8-12(9-7-11)15-16(17)20(19-18-15)13-4-3-5-14(10-13)21-2/h3-10H,17H2,1-2H3. The lowest BCUT2D eigenvalue weighted by atomic mass is 10.1. The molecule has 3 rings (SSSR count). The molecular weight excluding hydrogens is 264 g/mol. The van der Waals surface area contributed by atoms with Crippen molar-refractivity contribution in [1.29, 1.82) is 0 Å². The van der Waals surface area contributed by atoms with E-state index in [1.807, 2.05) is 55.5 Å². The van der Waals surface area contributed by atoms with E-state index in [1.54, 1.807) is 11.8 Å². The molecule has 5 nitrogen and oxygen atoms in total. The summed E-state index contributed by atoms with van der Waals surface area (Å²) in [6.07, 6.45) is 0. The van der Waals surface area contributed by atoms with Crippen LogP contribution in [0.3, 0.4) is 0 Å². The molecule has 0 saturated heterocycles. The lowest BCUT2D eigenvalue weighted by molar-refractivity contribution is 0.414. The lowest BCUT2D eigenvalue weighted by Crippen LogP contribution is -2.02. The van der Waals surface area contributed by atoms with Crippen molar-refractivity contribution in [1.82, 2.24) is 15.0 Å². The minimum atomic E-state index is 0.507. The third-order valence-electron chi connectivity index (χ3n) is 3.33. The predicted molar refractivity (Wildman–Crippen MR) is 82.5 cm³/mol. The number of nitrogens with two attached hydrogens (primary N) is 1. The van der Waals surface area contributed by atoms with E-state index in [2.05, 4.69) is 10.3 Å². The summed E-state index contributed by atoms with van der Waals surface area (Å²) in [5.41, 5.74) is 9.83. The summed E-state index contributed by atoms with van der Waals surface area (Å²) in [5, 5.41) is 8.34. The molecular formula is C16H16N4O. The number of rotatable bonds is 3. The molecule has 0 bridgehead atoms. The molecule has 0 amide bonds. The summed E-state index contributed by atoms with van der Waals surface area (Å²) in [6, 6.07) is 15.6. The quantitative estimate of drug-likeness (QED) is 0.801. The van der Waals surface area contributed by atoms with Crippen LogP contribution in [-0.4, -0.2) is 22.1 Å². The van der Waals surface area contributed by atoms with Gasteiger partial charge < -0.3 is 10.5 Å². The van der Waals surface area contributed by atoms with Gasteiger partial charge in [0, 0.05) is 11.6 Å². The van der Waals surface area contributed by atoms with Gasteiger partial charge in [-0.15, -0.1) is 5.10 Å². The van der Waals surface area contributed by atoms with Crippen molar-refractivity contribution in [3.8, 4) is 22.7 Å². The molecule has 0 unspecified atom stereocenters. The molecule has 0 saturated carbocycles. The van der Waals surface area contributed by atoms with Crippen LogP contribution in [-0.2, 0) is 0 Å². The highest BCUT2D eigenvalue weighted by atomic mass is 16.5. The first-order chi connectivity index (χ1) is 10.2. The Morgan fingerprint density at radius 1 is 1.10 bits per heavy atom. The number of hydrogen-bond acceptors (Lipinski definition) is 4. The summed E-state index contributed by atoms with van der Waals surface area (Å²) in [6.45, 7) is 2.04. The number of benzene rings is 2. The van der Waals surface area contributed by atoms with Gasteiger partial charge in [-0.1, -0.05) is 41.1 Å². The van der Waals surface area contributed by atoms with Crippen molar-refractivity contribution in [2.24, 2.45) is 0 Å². The van der Waals surface area contributed by atoms with Crippen LogP contribution in [0.1, 0.15) is 5.56 Å². The third-order valence-corrected chi connectivity index (χ3v) is 3.33. The first-order valence-corrected chi connectivity index (χ1v) is 6.61. The van der Waals surface area contributed by atoms with E-state index >= 15 is 0 Å². The maximum Gasteiger partial charge on any atom is 0.155 e. The summed E-state index contributed by atoms with van der Waals surface area (Å²) in [4.78, 5) is 0. The van der Waals surface area contributed by atoms with Crippen molar-refractivity contribution in [3.05, 3.63) is 54.1 Å². The number of aromatic nitrogens is 3. The highest BCUT2D eigenvalue weighted by Crippen LogP contribution is 2.26. The van der Waals surface area contributed by atoms with Gasteiger partial charge in [0.05, 0.1) is 12.8 Å². The Kier molecular flexibility index (Phi) is 3.31. The van der Waals surface area contributed by atoms with Crippen LogP contribution in [0.15, 0.2) is 48.5 Å². The number of nitrogens with zero attached hydrogens (tertiary/aromatic N) is 3. The van der Waals surface area contributed by atoms with Gasteiger partial charge in [0.25, 0.3) is 0 Å². The zero-order chi connectivity index (χ0) is 14.8. The van der Waals surface area contributed by atoms with E-state index in [0.29, 0.717) is 11.5 Å². The van der Waals surface area contributed by atoms with Crippen LogP contribution < -0.4 is 10.5 Å². The van der Waals surface area contributed by atoms with Crippen molar-refractivity contribution in [3.63, 3.8) is 0 Å². The highest BCUT2D eigenvalue weighted by Gasteiger charge is 2.13. The van der Waals surface area contributed by atoms with E-state index in [9.17, 15) is 0 Å². The normalized spacial score (nSPS) is 10.6. The smallest absolute Gasteiger partial charge is 0.155 e. The van der Waals surface area contributed by atoms with E-state index in [1.165, 1.54) is 5.56 Å². The molecule has 2 aromatic carbocycles. The molecule has 0 aliphatic rings. The number of nitrogen functional groups attached to an aromatic ring is 1.